The number of hydrogen-bond acceptors (Lipinski definition) is 8. The Bertz CT molecular complexity index is 1350. The number of hydrogen-bond donors (Lipinski definition) is 2. The van der Waals surface area contributed by atoms with Crippen LogP contribution in [0.4, 0.5) is 14.5 Å². The van der Waals surface area contributed by atoms with Crippen LogP contribution in [0.2, 0.25) is 0 Å². The number of nitrogens with one attached hydrogen (secondary N) is 2. The van der Waals surface area contributed by atoms with Crippen molar-refractivity contribution in [2.75, 3.05) is 70.9 Å². The zero-order chi connectivity index (χ0) is 32.1. The van der Waals surface area contributed by atoms with Gasteiger partial charge in [-0.25, -0.2) is 14.2 Å². The van der Waals surface area contributed by atoms with Crippen molar-refractivity contribution in [3.05, 3.63) is 35.0 Å². The van der Waals surface area contributed by atoms with E-state index < -0.39 is 6.43 Å². The Balaban J connectivity index is 1.15. The summed E-state index contributed by atoms with van der Waals surface area (Å²) >= 11 is 0. The summed E-state index contributed by atoms with van der Waals surface area (Å²) in [6.45, 7) is 14.7. The van der Waals surface area contributed by atoms with Gasteiger partial charge in [-0.15, -0.1) is 0 Å². The van der Waals surface area contributed by atoms with Crippen molar-refractivity contribution in [2.24, 2.45) is 28.8 Å². The minimum Gasteiger partial charge on any atom is -0.342 e. The molecule has 0 aromatic heterocycles. The number of aryl methyl sites for hydroxylation is 1. The minimum atomic E-state index is -2.57. The van der Waals surface area contributed by atoms with Crippen molar-refractivity contribution < 1.29 is 13.6 Å². The molecule has 1 aromatic carbocycles. The maximum absolute atomic E-state index is 14.6. The predicted octanol–water partition coefficient (Wildman–Crippen LogP) is 3.99. The first-order valence-corrected chi connectivity index (χ1v) is 17.6. The zero-order valence-electron chi connectivity index (χ0n) is 28.0. The SMILES string of the molecule is CC(=O)N1CCC2C(C1)C(N1CCCc3cc(C4=CN(C)NC4)c(C(F)F)cc31)=NN2C1CCN(CC2C(C)CNCC2C)CC1. The van der Waals surface area contributed by atoms with Crippen molar-refractivity contribution in [1.82, 2.24) is 30.6 Å². The number of rotatable bonds is 5. The van der Waals surface area contributed by atoms with E-state index in [1.807, 2.05) is 29.2 Å². The predicted molar refractivity (Wildman–Crippen MR) is 178 cm³/mol. The summed E-state index contributed by atoms with van der Waals surface area (Å²) in [7, 11) is 1.89. The Hall–Kier alpha value is -2.76. The van der Waals surface area contributed by atoms with E-state index in [1.54, 1.807) is 13.0 Å². The second-order valence-electron chi connectivity index (χ2n) is 14.8. The normalized spacial score (nSPS) is 30.9. The van der Waals surface area contributed by atoms with E-state index in [2.05, 4.69) is 39.4 Å². The molecule has 9 nitrogen and oxygen atoms in total. The molecule has 1 amide bonds. The van der Waals surface area contributed by atoms with Crippen LogP contribution >= 0.6 is 0 Å². The quantitative estimate of drug-likeness (QED) is 0.506. The Morgan fingerprint density at radius 2 is 1.83 bits per heavy atom. The molecule has 7 rings (SSSR count). The van der Waals surface area contributed by atoms with Crippen LogP contribution in [-0.2, 0) is 11.2 Å². The molecule has 0 aliphatic carbocycles. The van der Waals surface area contributed by atoms with Gasteiger partial charge in [-0.3, -0.25) is 9.80 Å². The lowest BCUT2D eigenvalue weighted by Gasteiger charge is -2.44. The lowest BCUT2D eigenvalue weighted by molar-refractivity contribution is -0.131. The molecule has 0 radical (unpaired) electrons. The van der Waals surface area contributed by atoms with Crippen molar-refractivity contribution >= 4 is 23.0 Å². The number of likely N-dealkylation sites (tertiary alicyclic amines) is 2. The smallest absolute Gasteiger partial charge is 0.264 e. The number of hydrazine groups is 1. The highest BCUT2D eigenvalue weighted by Crippen LogP contribution is 2.42. The number of carbonyl (C=O) groups is 1. The number of fused-ring (bicyclic) bond motifs is 2. The molecule has 252 valence electrons. The van der Waals surface area contributed by atoms with E-state index in [-0.39, 0.29) is 23.4 Å². The lowest BCUT2D eigenvalue weighted by atomic mass is 9.79. The summed E-state index contributed by atoms with van der Waals surface area (Å²) in [4.78, 5) is 19.4. The van der Waals surface area contributed by atoms with Crippen LogP contribution in [0.25, 0.3) is 5.57 Å². The highest BCUT2D eigenvalue weighted by Gasteiger charge is 2.47. The van der Waals surface area contributed by atoms with Crippen LogP contribution in [0.15, 0.2) is 23.4 Å². The van der Waals surface area contributed by atoms with Crippen molar-refractivity contribution in [1.29, 1.82) is 0 Å². The maximum Gasteiger partial charge on any atom is 0.264 e. The molecule has 3 fully saturated rings. The van der Waals surface area contributed by atoms with Gasteiger partial charge in [0.15, 0.2) is 0 Å². The van der Waals surface area contributed by atoms with Crippen LogP contribution in [0.3, 0.4) is 0 Å². The highest BCUT2D eigenvalue weighted by atomic mass is 19.3. The number of anilines is 1. The summed E-state index contributed by atoms with van der Waals surface area (Å²) in [6, 6.07) is 4.33. The molecule has 6 aliphatic rings. The summed E-state index contributed by atoms with van der Waals surface area (Å²) in [5.41, 5.74) is 6.78. The largest absolute Gasteiger partial charge is 0.342 e. The average Bonchev–Trinajstić information content (AvgIpc) is 3.65. The lowest BCUT2D eigenvalue weighted by Crippen LogP contribution is -2.55. The number of halogens is 2. The van der Waals surface area contributed by atoms with Gasteiger partial charge in [0.05, 0.1) is 12.0 Å². The molecule has 4 unspecified atom stereocenters. The van der Waals surface area contributed by atoms with Gasteiger partial charge >= 0.3 is 0 Å². The molecule has 1 aromatic rings. The third-order valence-corrected chi connectivity index (χ3v) is 11.8. The average molecular weight is 639 g/mol. The topological polar surface area (TPSA) is 69.7 Å². The van der Waals surface area contributed by atoms with E-state index >= 15 is 0 Å². The summed E-state index contributed by atoms with van der Waals surface area (Å²) < 4.78 is 29.2. The molecular weight excluding hydrogens is 586 g/mol. The zero-order valence-corrected chi connectivity index (χ0v) is 28.0. The van der Waals surface area contributed by atoms with Gasteiger partial charge < -0.3 is 25.0 Å². The Morgan fingerprint density at radius 3 is 2.50 bits per heavy atom. The number of alkyl halides is 2. The first-order valence-electron chi connectivity index (χ1n) is 17.6. The molecule has 3 saturated heterocycles. The van der Waals surface area contributed by atoms with Gasteiger partial charge in [0.2, 0.25) is 5.91 Å². The number of amides is 1. The fourth-order valence-corrected chi connectivity index (χ4v) is 9.14. The number of hydrazone groups is 1. The molecule has 6 aliphatic heterocycles. The molecule has 46 heavy (non-hydrogen) atoms. The molecule has 11 heteroatoms. The first-order chi connectivity index (χ1) is 22.2. The summed E-state index contributed by atoms with van der Waals surface area (Å²) in [6.07, 6.45) is 4.18. The van der Waals surface area contributed by atoms with Crippen LogP contribution in [0, 0.1) is 23.7 Å². The van der Waals surface area contributed by atoms with Crippen molar-refractivity contribution in [2.45, 2.75) is 71.4 Å². The monoisotopic (exact) mass is 638 g/mol. The Kier molecular flexibility index (Phi) is 9.02. The number of benzene rings is 1. The second kappa shape index (κ2) is 13.0. The van der Waals surface area contributed by atoms with E-state index in [0.29, 0.717) is 36.5 Å². The first kappa shape index (κ1) is 31.8. The van der Waals surface area contributed by atoms with Crippen LogP contribution < -0.4 is 15.6 Å². The maximum atomic E-state index is 14.6. The van der Waals surface area contributed by atoms with E-state index in [4.69, 9.17) is 5.10 Å². The second-order valence-corrected chi connectivity index (χ2v) is 14.8. The van der Waals surface area contributed by atoms with Crippen LogP contribution in [0.1, 0.15) is 69.6 Å². The Morgan fingerprint density at radius 1 is 1.07 bits per heavy atom. The van der Waals surface area contributed by atoms with Gasteiger partial charge in [0.1, 0.15) is 5.84 Å². The van der Waals surface area contributed by atoms with Gasteiger partial charge in [0, 0.05) is 83.3 Å². The van der Waals surface area contributed by atoms with Gasteiger partial charge in [-0.05, 0) is 91.8 Å². The van der Waals surface area contributed by atoms with E-state index in [0.717, 1.165) is 100.0 Å². The fourth-order valence-electron chi connectivity index (χ4n) is 9.14. The molecular formula is C35H52F2N8O. The third-order valence-electron chi connectivity index (χ3n) is 11.8. The molecule has 0 spiro atoms. The molecule has 2 N–H and O–H groups in total. The van der Waals surface area contributed by atoms with Gasteiger partial charge in [0.25, 0.3) is 6.43 Å². The van der Waals surface area contributed by atoms with E-state index in [9.17, 15) is 13.6 Å². The third kappa shape index (κ3) is 6.03. The summed E-state index contributed by atoms with van der Waals surface area (Å²) in [5, 5.41) is 13.2. The van der Waals surface area contributed by atoms with E-state index in [1.165, 1.54) is 6.54 Å². The molecule has 0 saturated carbocycles. The standard InChI is InChI=1S/C35H52F2N8O/c1-22-16-38-17-23(2)30(22)20-42-11-7-27(8-12-42)45-32-9-13-43(24(3)46)21-31(32)35(40-45)44-10-5-6-25-14-28(26-18-39-41(4)19-26)29(34(36)37)15-33(25)44/h14-15,19,22-23,27,30-32,34,38-39H,5-13,16-18,20-21H2,1-4H3. The van der Waals surface area contributed by atoms with Crippen LogP contribution in [-0.4, -0.2) is 110 Å². The highest BCUT2D eigenvalue weighted by molar-refractivity contribution is 6.02. The molecule has 6 heterocycles. The van der Waals surface area contributed by atoms with Crippen molar-refractivity contribution in [3.63, 3.8) is 0 Å². The minimum absolute atomic E-state index is 0.0723. The number of carbonyl (C=O) groups excluding carboxylic acids is 1. The Labute approximate surface area is 273 Å². The molecule has 4 atom stereocenters. The van der Waals surface area contributed by atoms with Gasteiger partial charge in [-0.2, -0.15) is 5.10 Å². The summed E-state index contributed by atoms with van der Waals surface area (Å²) in [5.74, 6) is 3.25. The van der Waals surface area contributed by atoms with Crippen LogP contribution in [0.5, 0.6) is 0 Å². The number of amidine groups is 1. The van der Waals surface area contributed by atoms with Gasteiger partial charge in [-0.1, -0.05) is 13.8 Å². The number of nitrogens with zero attached hydrogens (tertiary/aromatic N) is 6. The van der Waals surface area contributed by atoms with Crippen molar-refractivity contribution in [3.8, 4) is 0 Å². The molecule has 0 bridgehead atoms. The fraction of sp³-hybridized carbons (Fsp3) is 0.714. The number of piperidine rings is 3.